The van der Waals surface area contributed by atoms with E-state index in [-0.39, 0.29) is 12.1 Å². The molecule has 3 heterocycles. The lowest BCUT2D eigenvalue weighted by atomic mass is 10.2. The van der Waals surface area contributed by atoms with Crippen LogP contribution in [0.2, 0.25) is 0 Å². The summed E-state index contributed by atoms with van der Waals surface area (Å²) in [6.45, 7) is 6.08. The van der Waals surface area contributed by atoms with Crippen molar-refractivity contribution in [3.63, 3.8) is 0 Å². The number of benzene rings is 1. The van der Waals surface area contributed by atoms with Gasteiger partial charge in [-0.15, -0.1) is 0 Å². The van der Waals surface area contributed by atoms with Crippen LogP contribution in [0.4, 0.5) is 10.5 Å². The largest absolute Gasteiger partial charge is 0.322 e. The Morgan fingerprint density at radius 3 is 2.93 bits per heavy atom. The first-order valence-electron chi connectivity index (χ1n) is 9.08. The average molecular weight is 365 g/mol. The van der Waals surface area contributed by atoms with Gasteiger partial charge < -0.3 is 10.2 Å². The second-order valence-corrected chi connectivity index (χ2v) is 6.98. The minimum Gasteiger partial charge on any atom is -0.322 e. The Balaban J connectivity index is 1.39. The third-order valence-corrected chi connectivity index (χ3v) is 4.83. The van der Waals surface area contributed by atoms with E-state index in [9.17, 15) is 4.79 Å². The van der Waals surface area contributed by atoms with Crippen molar-refractivity contribution >= 4 is 11.7 Å². The number of likely N-dealkylation sites (tertiary alicyclic amines) is 1. The first-order valence-corrected chi connectivity index (χ1v) is 9.08. The highest BCUT2D eigenvalue weighted by molar-refractivity contribution is 5.89. The van der Waals surface area contributed by atoms with Gasteiger partial charge in [0.05, 0.1) is 18.3 Å². The second-order valence-electron chi connectivity index (χ2n) is 6.98. The normalized spacial score (nSPS) is 16.7. The predicted molar refractivity (Wildman–Crippen MR) is 102 cm³/mol. The van der Waals surface area contributed by atoms with Crippen LogP contribution in [0.15, 0.2) is 43.0 Å². The molecule has 2 amide bonds. The minimum absolute atomic E-state index is 0.0723. The summed E-state index contributed by atoms with van der Waals surface area (Å²) in [5, 5.41) is 11.7. The zero-order valence-electron chi connectivity index (χ0n) is 15.5. The number of hydrogen-bond acceptors (Lipinski definition) is 4. The molecule has 8 heteroatoms. The second kappa shape index (κ2) is 7.22. The van der Waals surface area contributed by atoms with E-state index in [1.54, 1.807) is 11.0 Å². The SMILES string of the molecule is Cc1cc(C)n([C@@H]2CCN(C(=O)Nc3cccc(Cn4cncn4)c3)C2)n1. The molecule has 3 aromatic rings. The van der Waals surface area contributed by atoms with Crippen molar-refractivity contribution in [1.29, 1.82) is 0 Å². The number of hydrogen-bond donors (Lipinski definition) is 1. The number of nitrogens with one attached hydrogen (secondary N) is 1. The van der Waals surface area contributed by atoms with Gasteiger partial charge in [-0.3, -0.25) is 4.68 Å². The number of aromatic nitrogens is 5. The standard InChI is InChI=1S/C19H23N7O/c1-14-8-15(2)26(23-14)18-6-7-24(11-18)19(27)22-17-5-3-4-16(9-17)10-25-13-20-12-21-25/h3-5,8-9,12-13,18H,6-7,10-11H2,1-2H3,(H,22,27)/t18-/m1/s1. The van der Waals surface area contributed by atoms with Crippen LogP contribution in [-0.4, -0.2) is 48.6 Å². The van der Waals surface area contributed by atoms with E-state index in [0.717, 1.165) is 35.6 Å². The molecule has 0 aliphatic carbocycles. The van der Waals surface area contributed by atoms with Crippen LogP contribution >= 0.6 is 0 Å². The molecular formula is C19H23N7O. The van der Waals surface area contributed by atoms with Gasteiger partial charge in [0.15, 0.2) is 0 Å². The molecule has 1 aromatic carbocycles. The summed E-state index contributed by atoms with van der Waals surface area (Å²) >= 11 is 0. The fraction of sp³-hybridized carbons (Fsp3) is 0.368. The van der Waals surface area contributed by atoms with E-state index in [1.807, 2.05) is 40.8 Å². The van der Waals surface area contributed by atoms with Crippen molar-refractivity contribution < 1.29 is 4.79 Å². The molecule has 2 aromatic heterocycles. The molecule has 4 rings (SSSR count). The van der Waals surface area contributed by atoms with Crippen molar-refractivity contribution in [2.75, 3.05) is 18.4 Å². The topological polar surface area (TPSA) is 80.9 Å². The zero-order chi connectivity index (χ0) is 18.8. The van der Waals surface area contributed by atoms with Crippen LogP contribution < -0.4 is 5.32 Å². The Morgan fingerprint density at radius 2 is 2.19 bits per heavy atom. The Labute approximate surface area is 157 Å². The molecule has 1 fully saturated rings. The van der Waals surface area contributed by atoms with E-state index in [1.165, 1.54) is 6.33 Å². The quantitative estimate of drug-likeness (QED) is 0.771. The zero-order valence-corrected chi connectivity index (χ0v) is 15.5. The molecular weight excluding hydrogens is 342 g/mol. The van der Waals surface area contributed by atoms with Gasteiger partial charge in [-0.25, -0.2) is 14.5 Å². The Kier molecular flexibility index (Phi) is 4.62. The fourth-order valence-corrected chi connectivity index (χ4v) is 3.59. The minimum atomic E-state index is -0.0723. The fourth-order valence-electron chi connectivity index (χ4n) is 3.59. The third kappa shape index (κ3) is 3.84. The molecule has 1 N–H and O–H groups in total. The Bertz CT molecular complexity index is 931. The predicted octanol–water partition coefficient (Wildman–Crippen LogP) is 2.62. The number of carbonyl (C=O) groups excluding carboxylic acids is 1. The number of rotatable bonds is 4. The number of carbonyl (C=O) groups is 1. The van der Waals surface area contributed by atoms with Gasteiger partial charge in [0.2, 0.25) is 0 Å². The van der Waals surface area contributed by atoms with Crippen molar-refractivity contribution in [2.24, 2.45) is 0 Å². The van der Waals surface area contributed by atoms with Gasteiger partial charge in [-0.2, -0.15) is 10.2 Å². The van der Waals surface area contributed by atoms with E-state index in [4.69, 9.17) is 0 Å². The molecule has 0 radical (unpaired) electrons. The van der Waals surface area contributed by atoms with Gasteiger partial charge >= 0.3 is 6.03 Å². The molecule has 0 unspecified atom stereocenters. The van der Waals surface area contributed by atoms with Crippen molar-refractivity contribution in [3.05, 3.63) is 59.9 Å². The van der Waals surface area contributed by atoms with Gasteiger partial charge in [-0.1, -0.05) is 12.1 Å². The molecule has 0 bridgehead atoms. The molecule has 1 aliphatic heterocycles. The lowest BCUT2D eigenvalue weighted by Crippen LogP contribution is -2.33. The molecule has 27 heavy (non-hydrogen) atoms. The molecule has 1 saturated heterocycles. The summed E-state index contributed by atoms with van der Waals surface area (Å²) < 4.78 is 3.79. The van der Waals surface area contributed by atoms with E-state index < -0.39 is 0 Å². The van der Waals surface area contributed by atoms with Crippen LogP contribution in [0.1, 0.15) is 29.4 Å². The molecule has 1 aliphatic rings. The third-order valence-electron chi connectivity index (χ3n) is 4.83. The molecule has 140 valence electrons. The highest BCUT2D eigenvalue weighted by Gasteiger charge is 2.28. The maximum Gasteiger partial charge on any atom is 0.321 e. The van der Waals surface area contributed by atoms with Gasteiger partial charge in [0, 0.05) is 24.5 Å². The first kappa shape index (κ1) is 17.3. The lowest BCUT2D eigenvalue weighted by molar-refractivity contribution is 0.220. The van der Waals surface area contributed by atoms with E-state index >= 15 is 0 Å². The number of nitrogens with zero attached hydrogens (tertiary/aromatic N) is 6. The van der Waals surface area contributed by atoms with Gasteiger partial charge in [0.25, 0.3) is 0 Å². The number of amides is 2. The molecule has 0 spiro atoms. The van der Waals surface area contributed by atoms with E-state index in [2.05, 4.69) is 33.5 Å². The Morgan fingerprint density at radius 1 is 1.30 bits per heavy atom. The van der Waals surface area contributed by atoms with Crippen molar-refractivity contribution in [1.82, 2.24) is 29.4 Å². The summed E-state index contributed by atoms with van der Waals surface area (Å²) in [4.78, 5) is 18.5. The highest BCUT2D eigenvalue weighted by atomic mass is 16.2. The summed E-state index contributed by atoms with van der Waals surface area (Å²) in [5.41, 5.74) is 3.99. The summed E-state index contributed by atoms with van der Waals surface area (Å²) in [7, 11) is 0. The molecule has 0 saturated carbocycles. The monoisotopic (exact) mass is 365 g/mol. The van der Waals surface area contributed by atoms with Crippen molar-refractivity contribution in [2.45, 2.75) is 32.9 Å². The maximum absolute atomic E-state index is 12.7. The Hall–Kier alpha value is -3.16. The molecule has 8 nitrogen and oxygen atoms in total. The lowest BCUT2D eigenvalue weighted by Gasteiger charge is -2.18. The highest BCUT2D eigenvalue weighted by Crippen LogP contribution is 2.24. The maximum atomic E-state index is 12.7. The number of aryl methyl sites for hydroxylation is 2. The van der Waals surface area contributed by atoms with E-state index in [0.29, 0.717) is 13.1 Å². The summed E-state index contributed by atoms with van der Waals surface area (Å²) in [6, 6.07) is 10.0. The van der Waals surface area contributed by atoms with Crippen LogP contribution in [0, 0.1) is 13.8 Å². The van der Waals surface area contributed by atoms with Gasteiger partial charge in [0.1, 0.15) is 12.7 Å². The first-order chi connectivity index (χ1) is 13.1. The number of urea groups is 1. The van der Waals surface area contributed by atoms with Crippen LogP contribution in [-0.2, 0) is 6.54 Å². The number of anilines is 1. The van der Waals surface area contributed by atoms with Crippen LogP contribution in [0.3, 0.4) is 0 Å². The summed E-state index contributed by atoms with van der Waals surface area (Å²) in [6.07, 6.45) is 4.11. The molecule has 1 atom stereocenters. The van der Waals surface area contributed by atoms with Crippen LogP contribution in [0.5, 0.6) is 0 Å². The average Bonchev–Trinajstić information content (AvgIpc) is 3.36. The van der Waals surface area contributed by atoms with Gasteiger partial charge in [-0.05, 0) is 44.0 Å². The smallest absolute Gasteiger partial charge is 0.321 e. The van der Waals surface area contributed by atoms with Crippen LogP contribution in [0.25, 0.3) is 0 Å². The summed E-state index contributed by atoms with van der Waals surface area (Å²) in [5.74, 6) is 0. The van der Waals surface area contributed by atoms with Crippen molar-refractivity contribution in [3.8, 4) is 0 Å².